The van der Waals surface area contributed by atoms with Gasteiger partial charge < -0.3 is 15.2 Å². The molecule has 1 rings (SSSR count). The van der Waals surface area contributed by atoms with Crippen molar-refractivity contribution < 1.29 is 14.4 Å². The molecule has 0 aliphatic rings. The van der Waals surface area contributed by atoms with Crippen LogP contribution in [0.3, 0.4) is 0 Å². The van der Waals surface area contributed by atoms with Crippen molar-refractivity contribution in [2.75, 3.05) is 20.8 Å². The molecular weight excluding hydrogens is 248 g/mol. The third-order valence-electron chi connectivity index (χ3n) is 2.95. The van der Waals surface area contributed by atoms with Gasteiger partial charge in [-0.05, 0) is 30.0 Å². The van der Waals surface area contributed by atoms with Crippen molar-refractivity contribution in [3.63, 3.8) is 0 Å². The number of nitrogens with zero attached hydrogens (tertiary/aromatic N) is 1. The molecule has 0 fully saturated rings. The first-order valence-electron chi connectivity index (χ1n) is 5.94. The van der Waals surface area contributed by atoms with Crippen LogP contribution in [0.4, 0.5) is 5.69 Å². The van der Waals surface area contributed by atoms with Gasteiger partial charge in [0, 0.05) is 6.07 Å². The quantitative estimate of drug-likeness (QED) is 0.630. The van der Waals surface area contributed by atoms with E-state index in [2.05, 4.69) is 0 Å². The van der Waals surface area contributed by atoms with E-state index >= 15 is 0 Å². The van der Waals surface area contributed by atoms with Crippen molar-refractivity contribution in [2.45, 2.75) is 20.3 Å². The minimum atomic E-state index is -0.472. The van der Waals surface area contributed by atoms with E-state index in [1.165, 1.54) is 20.3 Å². The summed E-state index contributed by atoms with van der Waals surface area (Å²) >= 11 is 0. The van der Waals surface area contributed by atoms with E-state index in [-0.39, 0.29) is 16.9 Å². The second-order valence-electron chi connectivity index (χ2n) is 5.15. The van der Waals surface area contributed by atoms with Crippen LogP contribution in [0, 0.1) is 15.5 Å². The number of nitro benzene ring substituents is 1. The van der Waals surface area contributed by atoms with Gasteiger partial charge in [-0.1, -0.05) is 13.8 Å². The second kappa shape index (κ2) is 5.88. The van der Waals surface area contributed by atoms with Crippen molar-refractivity contribution in [2.24, 2.45) is 11.1 Å². The SMILES string of the molecule is COc1cc(CC(C)(C)CN)cc([N+](=O)[O-])c1OC. The van der Waals surface area contributed by atoms with Crippen LogP contribution in [0.2, 0.25) is 0 Å². The average molecular weight is 268 g/mol. The lowest BCUT2D eigenvalue weighted by Gasteiger charge is -2.22. The fourth-order valence-corrected chi connectivity index (χ4v) is 1.86. The molecule has 0 bridgehead atoms. The molecule has 6 nitrogen and oxygen atoms in total. The van der Waals surface area contributed by atoms with Gasteiger partial charge in [0.15, 0.2) is 5.75 Å². The Morgan fingerprint density at radius 3 is 2.37 bits per heavy atom. The molecule has 1 aromatic rings. The summed E-state index contributed by atoms with van der Waals surface area (Å²) in [4.78, 5) is 10.6. The molecule has 0 saturated carbocycles. The molecule has 19 heavy (non-hydrogen) atoms. The summed E-state index contributed by atoms with van der Waals surface area (Å²) in [6.45, 7) is 4.51. The summed E-state index contributed by atoms with van der Waals surface area (Å²) in [5.74, 6) is 0.501. The van der Waals surface area contributed by atoms with Crippen molar-refractivity contribution in [1.29, 1.82) is 0 Å². The van der Waals surface area contributed by atoms with Crippen LogP contribution in [-0.4, -0.2) is 25.7 Å². The molecule has 0 amide bonds. The fraction of sp³-hybridized carbons (Fsp3) is 0.538. The molecule has 1 aromatic carbocycles. The number of nitro groups is 1. The smallest absolute Gasteiger partial charge is 0.315 e. The van der Waals surface area contributed by atoms with E-state index in [1.807, 2.05) is 13.8 Å². The lowest BCUT2D eigenvalue weighted by atomic mass is 9.86. The number of hydrogen-bond donors (Lipinski definition) is 1. The van der Waals surface area contributed by atoms with Crippen LogP contribution in [0.25, 0.3) is 0 Å². The Balaban J connectivity index is 3.29. The Kier molecular flexibility index (Phi) is 4.72. The predicted octanol–water partition coefficient (Wildman–Crippen LogP) is 2.14. The molecule has 0 atom stereocenters. The fourth-order valence-electron chi connectivity index (χ4n) is 1.86. The third-order valence-corrected chi connectivity index (χ3v) is 2.95. The molecule has 0 heterocycles. The zero-order chi connectivity index (χ0) is 14.6. The van der Waals surface area contributed by atoms with E-state index in [0.717, 1.165) is 5.56 Å². The molecule has 0 aliphatic heterocycles. The summed E-state index contributed by atoms with van der Waals surface area (Å²) in [5.41, 5.74) is 6.27. The van der Waals surface area contributed by atoms with Crippen LogP contribution in [0.15, 0.2) is 12.1 Å². The topological polar surface area (TPSA) is 87.6 Å². The summed E-state index contributed by atoms with van der Waals surface area (Å²) < 4.78 is 10.2. The molecule has 0 radical (unpaired) electrons. The molecule has 0 aromatic heterocycles. The van der Waals surface area contributed by atoms with Gasteiger partial charge in [-0.3, -0.25) is 10.1 Å². The van der Waals surface area contributed by atoms with Crippen molar-refractivity contribution in [3.8, 4) is 11.5 Å². The molecule has 0 unspecified atom stereocenters. The Bertz CT molecular complexity index is 472. The van der Waals surface area contributed by atoms with E-state index < -0.39 is 4.92 Å². The molecule has 0 aliphatic carbocycles. The Morgan fingerprint density at radius 1 is 1.32 bits per heavy atom. The summed E-state index contributed by atoms with van der Waals surface area (Å²) in [6.07, 6.45) is 0.630. The highest BCUT2D eigenvalue weighted by Crippen LogP contribution is 2.39. The van der Waals surface area contributed by atoms with E-state index in [0.29, 0.717) is 18.7 Å². The van der Waals surface area contributed by atoms with Gasteiger partial charge in [-0.15, -0.1) is 0 Å². The van der Waals surface area contributed by atoms with E-state index in [1.54, 1.807) is 6.07 Å². The standard InChI is InChI=1S/C13H20N2O4/c1-13(2,8-14)7-9-5-10(15(16)17)12(19-4)11(6-9)18-3/h5-6H,7-8,14H2,1-4H3. The largest absolute Gasteiger partial charge is 0.493 e. The Hall–Kier alpha value is -1.82. The van der Waals surface area contributed by atoms with Crippen molar-refractivity contribution >= 4 is 5.69 Å². The number of nitrogens with two attached hydrogens (primary N) is 1. The number of methoxy groups -OCH3 is 2. The number of hydrogen-bond acceptors (Lipinski definition) is 5. The third kappa shape index (κ3) is 3.57. The number of ether oxygens (including phenoxy) is 2. The summed E-state index contributed by atoms with van der Waals surface area (Å²) in [7, 11) is 2.84. The molecule has 106 valence electrons. The Morgan fingerprint density at radius 2 is 1.95 bits per heavy atom. The predicted molar refractivity (Wildman–Crippen MR) is 72.7 cm³/mol. The average Bonchev–Trinajstić information content (AvgIpc) is 2.37. The van der Waals surface area contributed by atoms with Crippen LogP contribution in [0.5, 0.6) is 11.5 Å². The number of benzene rings is 1. The van der Waals surface area contributed by atoms with Gasteiger partial charge in [0.2, 0.25) is 5.75 Å². The van der Waals surface area contributed by atoms with Crippen molar-refractivity contribution in [3.05, 3.63) is 27.8 Å². The highest BCUT2D eigenvalue weighted by Gasteiger charge is 2.24. The summed E-state index contributed by atoms with van der Waals surface area (Å²) in [5, 5.41) is 11.1. The molecule has 6 heteroatoms. The highest BCUT2D eigenvalue weighted by molar-refractivity contribution is 5.58. The normalized spacial score (nSPS) is 11.2. The first-order valence-corrected chi connectivity index (χ1v) is 5.94. The maximum atomic E-state index is 11.1. The van der Waals surface area contributed by atoms with Gasteiger partial charge >= 0.3 is 5.69 Å². The lowest BCUT2D eigenvalue weighted by Crippen LogP contribution is -2.25. The lowest BCUT2D eigenvalue weighted by molar-refractivity contribution is -0.385. The second-order valence-corrected chi connectivity index (χ2v) is 5.15. The maximum Gasteiger partial charge on any atom is 0.315 e. The van der Waals surface area contributed by atoms with Crippen molar-refractivity contribution in [1.82, 2.24) is 0 Å². The van der Waals surface area contributed by atoms with Crippen LogP contribution >= 0.6 is 0 Å². The Labute approximate surface area is 112 Å². The first kappa shape index (κ1) is 15.2. The highest BCUT2D eigenvalue weighted by atomic mass is 16.6. The number of rotatable bonds is 6. The summed E-state index contributed by atoms with van der Waals surface area (Å²) in [6, 6.07) is 3.27. The monoisotopic (exact) mass is 268 g/mol. The van der Waals surface area contributed by atoms with Crippen LogP contribution in [0.1, 0.15) is 19.4 Å². The minimum absolute atomic E-state index is 0.0929. The van der Waals surface area contributed by atoms with Crippen LogP contribution < -0.4 is 15.2 Å². The van der Waals surface area contributed by atoms with Gasteiger partial charge in [0.05, 0.1) is 19.1 Å². The molecule has 2 N–H and O–H groups in total. The van der Waals surface area contributed by atoms with Gasteiger partial charge in [0.25, 0.3) is 0 Å². The molecule has 0 spiro atoms. The van der Waals surface area contributed by atoms with Gasteiger partial charge in [0.1, 0.15) is 0 Å². The van der Waals surface area contributed by atoms with E-state index in [4.69, 9.17) is 15.2 Å². The molecule has 0 saturated heterocycles. The molecular formula is C13H20N2O4. The first-order chi connectivity index (χ1) is 8.84. The minimum Gasteiger partial charge on any atom is -0.493 e. The van der Waals surface area contributed by atoms with Gasteiger partial charge in [-0.2, -0.15) is 0 Å². The van der Waals surface area contributed by atoms with E-state index in [9.17, 15) is 10.1 Å². The maximum absolute atomic E-state index is 11.1. The van der Waals surface area contributed by atoms with Gasteiger partial charge in [-0.25, -0.2) is 0 Å². The zero-order valence-corrected chi connectivity index (χ0v) is 11.7. The van der Waals surface area contributed by atoms with Crippen LogP contribution in [-0.2, 0) is 6.42 Å². The zero-order valence-electron chi connectivity index (χ0n) is 11.7.